The smallest absolute Gasteiger partial charge is 0.309 e. The normalized spacial score (nSPS) is 37.3. The third-order valence-electron chi connectivity index (χ3n) is 2.64. The van der Waals surface area contributed by atoms with E-state index < -0.39 is 0 Å². The molecule has 2 nitrogen and oxygen atoms in total. The van der Waals surface area contributed by atoms with Crippen LogP contribution in [0.3, 0.4) is 0 Å². The van der Waals surface area contributed by atoms with Crippen LogP contribution in [0, 0.1) is 11.3 Å². The minimum atomic E-state index is -0.0376. The molecule has 0 aromatic carbocycles. The molecular formula is C8H14O2. The molecule has 0 amide bonds. The fourth-order valence-electron chi connectivity index (χ4n) is 1.31. The fraction of sp³-hybridized carbons (Fsp3) is 0.875. The van der Waals surface area contributed by atoms with Crippen LogP contribution in [-0.2, 0) is 9.53 Å². The number of carbonyl (C=O) groups is 1. The summed E-state index contributed by atoms with van der Waals surface area (Å²) in [6.45, 7) is 4.25. The highest BCUT2D eigenvalue weighted by Gasteiger charge is 2.53. The molecule has 0 aromatic heterocycles. The Balaban J connectivity index is 2.44. The van der Waals surface area contributed by atoms with Gasteiger partial charge in [-0.3, -0.25) is 4.79 Å². The Bertz CT molecular complexity index is 153. The molecule has 0 unspecified atom stereocenters. The molecule has 0 spiro atoms. The van der Waals surface area contributed by atoms with Crippen molar-refractivity contribution in [3.8, 4) is 0 Å². The van der Waals surface area contributed by atoms with E-state index in [4.69, 9.17) is 0 Å². The number of hydrogen-bond acceptors (Lipinski definition) is 2. The predicted octanol–water partition coefficient (Wildman–Crippen LogP) is 1.60. The van der Waals surface area contributed by atoms with Crippen molar-refractivity contribution in [1.29, 1.82) is 0 Å². The number of methoxy groups -OCH3 is 1. The molecule has 0 bridgehead atoms. The second-order valence-corrected chi connectivity index (χ2v) is 3.29. The standard InChI is InChI=1S/C8H14O2/c1-4-8(2)5-6(8)7(9)10-3/h6H,4-5H2,1-3H3/t6-,8+/m0/s1. The van der Waals surface area contributed by atoms with Crippen LogP contribution < -0.4 is 0 Å². The van der Waals surface area contributed by atoms with E-state index in [1.54, 1.807) is 0 Å². The lowest BCUT2D eigenvalue weighted by molar-refractivity contribution is -0.143. The lowest BCUT2D eigenvalue weighted by atomic mass is 10.0. The van der Waals surface area contributed by atoms with Crippen molar-refractivity contribution >= 4 is 5.97 Å². The SMILES string of the molecule is CC[C@]1(C)C[C@H]1C(=O)OC. The Morgan fingerprint density at radius 2 is 2.40 bits per heavy atom. The number of carbonyl (C=O) groups excluding carboxylic acids is 1. The predicted molar refractivity (Wildman–Crippen MR) is 38.5 cm³/mol. The summed E-state index contributed by atoms with van der Waals surface area (Å²) in [5.41, 5.74) is 0.257. The molecule has 1 rings (SSSR count). The topological polar surface area (TPSA) is 26.3 Å². The van der Waals surface area contributed by atoms with Crippen LogP contribution in [0.2, 0.25) is 0 Å². The lowest BCUT2D eigenvalue weighted by Gasteiger charge is -2.04. The summed E-state index contributed by atoms with van der Waals surface area (Å²) in [6.07, 6.45) is 2.09. The van der Waals surface area contributed by atoms with Gasteiger partial charge in [-0.2, -0.15) is 0 Å². The van der Waals surface area contributed by atoms with Gasteiger partial charge in [0.1, 0.15) is 0 Å². The van der Waals surface area contributed by atoms with Crippen molar-refractivity contribution < 1.29 is 9.53 Å². The average molecular weight is 142 g/mol. The van der Waals surface area contributed by atoms with Gasteiger partial charge in [0.2, 0.25) is 0 Å². The average Bonchev–Trinajstić information content (AvgIpc) is 2.62. The Morgan fingerprint density at radius 3 is 2.70 bits per heavy atom. The molecule has 2 atom stereocenters. The summed E-state index contributed by atoms with van der Waals surface area (Å²) in [5.74, 6) is 0.145. The quantitative estimate of drug-likeness (QED) is 0.547. The molecule has 0 aliphatic heterocycles. The Labute approximate surface area is 61.6 Å². The first-order chi connectivity index (χ1) is 4.64. The van der Waals surface area contributed by atoms with Gasteiger partial charge in [0.25, 0.3) is 0 Å². The van der Waals surface area contributed by atoms with Crippen LogP contribution in [0.4, 0.5) is 0 Å². The van der Waals surface area contributed by atoms with E-state index in [-0.39, 0.29) is 17.3 Å². The fourth-order valence-corrected chi connectivity index (χ4v) is 1.31. The van der Waals surface area contributed by atoms with Crippen LogP contribution in [0.5, 0.6) is 0 Å². The Morgan fingerprint density at radius 1 is 1.80 bits per heavy atom. The molecule has 58 valence electrons. The first-order valence-electron chi connectivity index (χ1n) is 3.72. The van der Waals surface area contributed by atoms with Gasteiger partial charge >= 0.3 is 5.97 Å². The van der Waals surface area contributed by atoms with Crippen molar-refractivity contribution in [1.82, 2.24) is 0 Å². The van der Waals surface area contributed by atoms with Crippen molar-refractivity contribution in [2.24, 2.45) is 11.3 Å². The van der Waals surface area contributed by atoms with E-state index in [2.05, 4.69) is 18.6 Å². The first-order valence-corrected chi connectivity index (χ1v) is 3.72. The molecule has 0 radical (unpaired) electrons. The van der Waals surface area contributed by atoms with Gasteiger partial charge in [-0.15, -0.1) is 0 Å². The number of rotatable bonds is 2. The first kappa shape index (κ1) is 7.58. The maximum absolute atomic E-state index is 10.9. The third kappa shape index (κ3) is 1.02. The molecule has 10 heavy (non-hydrogen) atoms. The van der Waals surface area contributed by atoms with Gasteiger partial charge in [-0.25, -0.2) is 0 Å². The van der Waals surface area contributed by atoms with Crippen LogP contribution in [-0.4, -0.2) is 13.1 Å². The van der Waals surface area contributed by atoms with E-state index in [1.807, 2.05) is 0 Å². The second kappa shape index (κ2) is 2.26. The van der Waals surface area contributed by atoms with E-state index in [0.717, 1.165) is 12.8 Å². The Hall–Kier alpha value is -0.530. The second-order valence-electron chi connectivity index (χ2n) is 3.29. The van der Waals surface area contributed by atoms with Gasteiger partial charge < -0.3 is 4.74 Å². The molecule has 1 fully saturated rings. The summed E-state index contributed by atoms with van der Waals surface area (Å²) >= 11 is 0. The molecule has 2 heteroatoms. The highest BCUT2D eigenvalue weighted by molar-refractivity contribution is 5.76. The third-order valence-corrected chi connectivity index (χ3v) is 2.64. The lowest BCUT2D eigenvalue weighted by Crippen LogP contribution is -2.08. The maximum atomic E-state index is 10.9. The number of ether oxygens (including phenoxy) is 1. The molecule has 1 aliphatic rings. The summed E-state index contributed by atoms with van der Waals surface area (Å²) < 4.78 is 4.63. The molecule has 0 N–H and O–H groups in total. The largest absolute Gasteiger partial charge is 0.469 e. The van der Waals surface area contributed by atoms with Gasteiger partial charge in [0.05, 0.1) is 13.0 Å². The number of esters is 1. The van der Waals surface area contributed by atoms with Crippen LogP contribution in [0.25, 0.3) is 0 Å². The Kier molecular flexibility index (Phi) is 1.71. The van der Waals surface area contributed by atoms with Gasteiger partial charge in [0, 0.05) is 0 Å². The minimum Gasteiger partial charge on any atom is -0.469 e. The summed E-state index contributed by atoms with van der Waals surface area (Å²) in [5, 5.41) is 0. The van der Waals surface area contributed by atoms with E-state index in [0.29, 0.717) is 0 Å². The maximum Gasteiger partial charge on any atom is 0.309 e. The van der Waals surface area contributed by atoms with Crippen LogP contribution in [0.1, 0.15) is 26.7 Å². The molecule has 1 saturated carbocycles. The van der Waals surface area contributed by atoms with E-state index in [9.17, 15) is 4.79 Å². The van der Waals surface area contributed by atoms with Crippen molar-refractivity contribution in [2.45, 2.75) is 26.7 Å². The van der Waals surface area contributed by atoms with Gasteiger partial charge in [-0.05, 0) is 18.3 Å². The molecule has 0 saturated heterocycles. The van der Waals surface area contributed by atoms with E-state index in [1.165, 1.54) is 7.11 Å². The van der Waals surface area contributed by atoms with Crippen LogP contribution >= 0.6 is 0 Å². The summed E-state index contributed by atoms with van der Waals surface area (Å²) in [6, 6.07) is 0. The van der Waals surface area contributed by atoms with Gasteiger partial charge in [-0.1, -0.05) is 13.8 Å². The monoisotopic (exact) mass is 142 g/mol. The van der Waals surface area contributed by atoms with Crippen LogP contribution in [0.15, 0.2) is 0 Å². The molecule has 1 aliphatic carbocycles. The zero-order valence-corrected chi connectivity index (χ0v) is 6.81. The highest BCUT2D eigenvalue weighted by Crippen LogP contribution is 2.55. The molecule has 0 heterocycles. The minimum absolute atomic E-state index is 0.0376. The van der Waals surface area contributed by atoms with E-state index >= 15 is 0 Å². The van der Waals surface area contributed by atoms with Crippen molar-refractivity contribution in [3.63, 3.8) is 0 Å². The molecule has 0 aromatic rings. The molecular weight excluding hydrogens is 128 g/mol. The summed E-state index contributed by atoms with van der Waals surface area (Å²) in [4.78, 5) is 10.9. The van der Waals surface area contributed by atoms with Crippen molar-refractivity contribution in [2.75, 3.05) is 7.11 Å². The number of hydrogen-bond donors (Lipinski definition) is 0. The highest BCUT2D eigenvalue weighted by atomic mass is 16.5. The van der Waals surface area contributed by atoms with Gasteiger partial charge in [0.15, 0.2) is 0 Å². The van der Waals surface area contributed by atoms with Crippen molar-refractivity contribution in [3.05, 3.63) is 0 Å². The zero-order valence-electron chi connectivity index (χ0n) is 6.81. The zero-order chi connectivity index (χ0) is 7.78. The summed E-state index contributed by atoms with van der Waals surface area (Å²) in [7, 11) is 1.46.